The van der Waals surface area contributed by atoms with Gasteiger partial charge in [0.1, 0.15) is 17.6 Å². The third-order valence-corrected chi connectivity index (χ3v) is 7.22. The van der Waals surface area contributed by atoms with Gasteiger partial charge in [-0.15, -0.1) is 0 Å². The van der Waals surface area contributed by atoms with E-state index in [1.807, 2.05) is 102 Å². The minimum atomic E-state index is -0.249. The maximum absolute atomic E-state index is 12.5. The lowest BCUT2D eigenvalue weighted by atomic mass is 10.0. The van der Waals surface area contributed by atoms with Crippen LogP contribution in [0.1, 0.15) is 23.5 Å². The Hall–Kier alpha value is -4.73. The second-order valence-corrected chi connectivity index (χ2v) is 10.2. The van der Waals surface area contributed by atoms with Gasteiger partial charge in [-0.25, -0.2) is 4.98 Å². The van der Waals surface area contributed by atoms with Gasteiger partial charge in [0, 0.05) is 35.7 Å². The first-order valence-corrected chi connectivity index (χ1v) is 13.7. The van der Waals surface area contributed by atoms with Gasteiger partial charge >= 0.3 is 0 Å². The first-order valence-electron chi connectivity index (χ1n) is 12.9. The molecule has 4 heterocycles. The number of carbonyl (C=O) groups excluding carboxylic acids is 1. The molecule has 1 saturated heterocycles. The normalized spacial score (nSPS) is 16.3. The topological polar surface area (TPSA) is 84.3 Å². The highest BCUT2D eigenvalue weighted by molar-refractivity contribution is 7.80. The molecule has 2 N–H and O–H groups in total. The van der Waals surface area contributed by atoms with Crippen LogP contribution in [0.2, 0.25) is 5.02 Å². The van der Waals surface area contributed by atoms with Crippen LogP contribution in [0.4, 0.5) is 11.4 Å². The van der Waals surface area contributed by atoms with Crippen LogP contribution in [0.5, 0.6) is 5.75 Å². The van der Waals surface area contributed by atoms with Crippen molar-refractivity contribution in [1.82, 2.24) is 19.9 Å². The molecule has 2 aromatic carbocycles. The second kappa shape index (κ2) is 11.8. The number of para-hydroxylation sites is 1. The minimum absolute atomic E-state index is 0.0878. The number of thiocarbonyl (C=S) groups is 1. The Morgan fingerprint density at radius 1 is 0.951 bits per heavy atom. The van der Waals surface area contributed by atoms with E-state index in [4.69, 9.17) is 28.6 Å². The number of aromatic nitrogens is 3. The molecule has 0 radical (unpaired) electrons. The molecule has 3 aromatic heterocycles. The van der Waals surface area contributed by atoms with E-state index in [1.54, 1.807) is 12.4 Å². The molecule has 5 aromatic rings. The number of rotatable bonds is 8. The Morgan fingerprint density at radius 2 is 1.76 bits per heavy atom. The number of pyridine rings is 2. The number of anilines is 2. The van der Waals surface area contributed by atoms with Crippen LogP contribution in [0.25, 0.3) is 5.82 Å². The van der Waals surface area contributed by atoms with Crippen molar-refractivity contribution in [3.63, 3.8) is 0 Å². The van der Waals surface area contributed by atoms with Gasteiger partial charge in [0.2, 0.25) is 0 Å². The highest BCUT2D eigenvalue weighted by Gasteiger charge is 2.42. The zero-order valence-corrected chi connectivity index (χ0v) is 23.3. The molecule has 10 heteroatoms. The number of hydrogen-bond donors (Lipinski definition) is 2. The Kier molecular flexibility index (Phi) is 7.62. The zero-order valence-electron chi connectivity index (χ0n) is 21.7. The number of nitrogens with one attached hydrogen (secondary N) is 2. The summed E-state index contributed by atoms with van der Waals surface area (Å²) < 4.78 is 7.58. The summed E-state index contributed by atoms with van der Waals surface area (Å²) in [6.07, 6.45) is 5.37. The molecule has 1 aliphatic heterocycles. The van der Waals surface area contributed by atoms with Crippen LogP contribution in [0.3, 0.4) is 0 Å². The first kappa shape index (κ1) is 26.5. The van der Waals surface area contributed by atoms with Crippen LogP contribution in [-0.4, -0.2) is 32.2 Å². The van der Waals surface area contributed by atoms with Crippen LogP contribution in [0, 0.1) is 0 Å². The molecule has 6 rings (SSSR count). The number of nitrogens with zero attached hydrogens (tertiary/aromatic N) is 4. The summed E-state index contributed by atoms with van der Waals surface area (Å²) in [4.78, 5) is 23.7. The van der Waals surface area contributed by atoms with E-state index in [0.29, 0.717) is 21.6 Å². The molecule has 2 unspecified atom stereocenters. The Balaban J connectivity index is 1.28. The fourth-order valence-corrected chi connectivity index (χ4v) is 5.31. The highest BCUT2D eigenvalue weighted by Crippen LogP contribution is 2.42. The van der Waals surface area contributed by atoms with E-state index in [9.17, 15) is 4.79 Å². The highest BCUT2D eigenvalue weighted by atomic mass is 35.5. The maximum Gasteiger partial charge on any atom is 0.262 e. The van der Waals surface area contributed by atoms with Gasteiger partial charge in [0.25, 0.3) is 5.91 Å². The molecule has 8 nitrogen and oxygen atoms in total. The summed E-state index contributed by atoms with van der Waals surface area (Å²) in [5.41, 5.74) is 3.35. The van der Waals surface area contributed by atoms with E-state index >= 15 is 0 Å². The summed E-state index contributed by atoms with van der Waals surface area (Å²) in [6, 6.07) is 29.9. The Bertz CT molecular complexity index is 1650. The van der Waals surface area contributed by atoms with E-state index < -0.39 is 0 Å². The van der Waals surface area contributed by atoms with Gasteiger partial charge in [-0.1, -0.05) is 35.9 Å². The number of amides is 1. The minimum Gasteiger partial charge on any atom is -0.484 e. The van der Waals surface area contributed by atoms with E-state index in [2.05, 4.69) is 31.6 Å². The van der Waals surface area contributed by atoms with Gasteiger partial charge in [-0.05, 0) is 85.0 Å². The molecule has 2 atom stereocenters. The lowest BCUT2D eigenvalue weighted by Gasteiger charge is -2.29. The quantitative estimate of drug-likeness (QED) is 0.214. The van der Waals surface area contributed by atoms with Gasteiger partial charge < -0.3 is 24.8 Å². The number of ether oxygens (including phenoxy) is 1. The number of hydrogen-bond acceptors (Lipinski definition) is 5. The molecule has 1 fully saturated rings. The van der Waals surface area contributed by atoms with Crippen molar-refractivity contribution in [1.29, 1.82) is 0 Å². The van der Waals surface area contributed by atoms with Crippen molar-refractivity contribution in [3.05, 3.63) is 132 Å². The molecule has 0 aliphatic carbocycles. The lowest BCUT2D eigenvalue weighted by molar-refractivity contribution is -0.118. The summed E-state index contributed by atoms with van der Waals surface area (Å²) in [5.74, 6) is 1.13. The molecular formula is C31H25ClN6O2S. The number of halogens is 1. The third-order valence-electron chi connectivity index (χ3n) is 6.68. The SMILES string of the molecule is O=C(COc1ccccc1)Nc1ccc(N2C(=S)NC(c3ccccn3)C2c2cccn2-c2ccc(Cl)cn2)cc1. The van der Waals surface area contributed by atoms with Crippen molar-refractivity contribution in [3.8, 4) is 11.6 Å². The van der Waals surface area contributed by atoms with E-state index in [0.717, 1.165) is 22.9 Å². The summed E-state index contributed by atoms with van der Waals surface area (Å²) in [7, 11) is 0. The predicted molar refractivity (Wildman–Crippen MR) is 164 cm³/mol. The van der Waals surface area contributed by atoms with Crippen molar-refractivity contribution >= 4 is 46.2 Å². The summed E-state index contributed by atoms with van der Waals surface area (Å²) >= 11 is 12.0. The molecule has 0 saturated carbocycles. The number of benzene rings is 2. The smallest absolute Gasteiger partial charge is 0.262 e. The standard InChI is InChI=1S/C31H25ClN6O2S/c32-21-11-16-27(34-19-21)37-18-6-10-26(37)30-29(25-9-4-5-17-33-25)36-31(41)38(30)23-14-12-22(13-15-23)35-28(39)20-40-24-7-2-1-3-8-24/h1-19,29-30H,20H2,(H,35,39)(H,36,41). The Labute approximate surface area is 247 Å². The van der Waals surface area contributed by atoms with Crippen molar-refractivity contribution in [2.24, 2.45) is 0 Å². The largest absolute Gasteiger partial charge is 0.484 e. The Morgan fingerprint density at radius 3 is 2.49 bits per heavy atom. The van der Waals surface area contributed by atoms with E-state index in [-0.39, 0.29) is 24.6 Å². The van der Waals surface area contributed by atoms with Gasteiger partial charge in [-0.2, -0.15) is 0 Å². The monoisotopic (exact) mass is 580 g/mol. The van der Waals surface area contributed by atoms with Crippen molar-refractivity contribution in [2.45, 2.75) is 12.1 Å². The van der Waals surface area contributed by atoms with Crippen molar-refractivity contribution < 1.29 is 9.53 Å². The average molecular weight is 581 g/mol. The molecule has 0 spiro atoms. The van der Waals surface area contributed by atoms with E-state index in [1.165, 1.54) is 0 Å². The molecular weight excluding hydrogens is 556 g/mol. The summed E-state index contributed by atoms with van der Waals surface area (Å²) in [6.45, 7) is -0.0878. The third kappa shape index (κ3) is 5.77. The number of carbonyl (C=O) groups is 1. The molecule has 204 valence electrons. The maximum atomic E-state index is 12.5. The van der Waals surface area contributed by atoms with Crippen LogP contribution in [0.15, 0.2) is 116 Å². The average Bonchev–Trinajstić information content (AvgIpc) is 3.62. The van der Waals surface area contributed by atoms with Gasteiger partial charge in [-0.3, -0.25) is 9.78 Å². The van der Waals surface area contributed by atoms with Gasteiger partial charge in [0.15, 0.2) is 11.7 Å². The summed E-state index contributed by atoms with van der Waals surface area (Å²) in [5, 5.41) is 7.50. The molecule has 41 heavy (non-hydrogen) atoms. The second-order valence-electron chi connectivity index (χ2n) is 9.33. The zero-order chi connectivity index (χ0) is 28.2. The fourth-order valence-electron chi connectivity index (χ4n) is 4.86. The van der Waals surface area contributed by atoms with Gasteiger partial charge in [0.05, 0.1) is 16.8 Å². The lowest BCUT2D eigenvalue weighted by Crippen LogP contribution is -2.30. The van der Waals surface area contributed by atoms with Crippen LogP contribution < -0.4 is 20.3 Å². The van der Waals surface area contributed by atoms with Crippen LogP contribution >= 0.6 is 23.8 Å². The fraction of sp³-hybridized carbons (Fsp3) is 0.0968. The first-order chi connectivity index (χ1) is 20.1. The molecule has 1 amide bonds. The molecule has 1 aliphatic rings. The van der Waals surface area contributed by atoms with Crippen molar-refractivity contribution in [2.75, 3.05) is 16.8 Å². The van der Waals surface area contributed by atoms with Crippen LogP contribution in [-0.2, 0) is 4.79 Å². The predicted octanol–water partition coefficient (Wildman–Crippen LogP) is 6.12. The molecule has 0 bridgehead atoms.